The van der Waals surface area contributed by atoms with Crippen molar-refractivity contribution in [2.24, 2.45) is 13.0 Å². The summed E-state index contributed by atoms with van der Waals surface area (Å²) >= 11 is 0. The number of ether oxygens (including phenoxy) is 3. The smallest absolute Gasteiger partial charge is 0.306 e. The highest BCUT2D eigenvalue weighted by atomic mass is 16.6. The highest BCUT2D eigenvalue weighted by molar-refractivity contribution is 5.96. The van der Waals surface area contributed by atoms with Gasteiger partial charge in [-0.2, -0.15) is 10.1 Å². The van der Waals surface area contributed by atoms with Crippen molar-refractivity contribution in [1.29, 1.82) is 0 Å². The molecule has 270 valence electrons. The third kappa shape index (κ3) is 8.73. The van der Waals surface area contributed by atoms with E-state index in [0.29, 0.717) is 43.4 Å². The number of hydrogen-bond donors (Lipinski definition) is 0. The van der Waals surface area contributed by atoms with Crippen LogP contribution in [0.3, 0.4) is 0 Å². The zero-order chi connectivity index (χ0) is 36.1. The van der Waals surface area contributed by atoms with E-state index in [2.05, 4.69) is 29.2 Å². The Balaban J connectivity index is 1.05. The molecule has 0 atom stereocenters. The minimum Gasteiger partial charge on any atom is -0.473 e. The number of carbonyl (C=O) groups excluding carboxylic acids is 1. The number of benzene rings is 3. The lowest BCUT2D eigenvalue weighted by Crippen LogP contribution is -2.40. The predicted molar refractivity (Wildman–Crippen MR) is 206 cm³/mol. The van der Waals surface area contributed by atoms with Crippen LogP contribution in [0.15, 0.2) is 97.1 Å². The molecule has 1 aliphatic heterocycles. The number of hydrogen-bond acceptors (Lipinski definition) is 7. The summed E-state index contributed by atoms with van der Waals surface area (Å²) in [6, 6.07) is 31.4. The van der Waals surface area contributed by atoms with Crippen molar-refractivity contribution in [3.8, 4) is 23.0 Å². The molecule has 1 saturated carbocycles. The van der Waals surface area contributed by atoms with Crippen molar-refractivity contribution in [3.05, 3.63) is 114 Å². The quantitative estimate of drug-likeness (QED) is 0.127. The number of aryl methyl sites for hydroxylation is 1. The molecule has 0 radical (unpaired) electrons. The van der Waals surface area contributed by atoms with Crippen molar-refractivity contribution in [2.75, 3.05) is 13.1 Å². The first kappa shape index (κ1) is 35.5. The van der Waals surface area contributed by atoms with Gasteiger partial charge in [0.1, 0.15) is 24.5 Å². The maximum Gasteiger partial charge on any atom is 0.306 e. The van der Waals surface area contributed by atoms with Gasteiger partial charge >= 0.3 is 5.97 Å². The second-order valence-electron chi connectivity index (χ2n) is 15.2. The summed E-state index contributed by atoms with van der Waals surface area (Å²) in [5.41, 5.74) is 7.07. The molecule has 2 aliphatic rings. The fourth-order valence-electron chi connectivity index (χ4n) is 7.52. The average molecular weight is 699 g/mol. The van der Waals surface area contributed by atoms with Crippen LogP contribution in [0.5, 0.6) is 11.8 Å². The topological polar surface area (TPSA) is 78.7 Å². The van der Waals surface area contributed by atoms with E-state index in [0.717, 1.165) is 78.5 Å². The molecule has 5 aromatic rings. The van der Waals surface area contributed by atoms with Gasteiger partial charge in [0.15, 0.2) is 0 Å². The molecule has 0 bridgehead atoms. The Morgan fingerprint density at radius 3 is 2.19 bits per heavy atom. The van der Waals surface area contributed by atoms with Gasteiger partial charge < -0.3 is 14.2 Å². The van der Waals surface area contributed by atoms with Crippen LogP contribution in [0.1, 0.15) is 76.0 Å². The first-order chi connectivity index (χ1) is 25.2. The Morgan fingerprint density at radius 1 is 0.846 bits per heavy atom. The largest absolute Gasteiger partial charge is 0.473 e. The van der Waals surface area contributed by atoms with Gasteiger partial charge in [-0.05, 0) is 99.3 Å². The maximum absolute atomic E-state index is 12.4. The molecule has 0 amide bonds. The molecule has 0 spiro atoms. The van der Waals surface area contributed by atoms with Crippen molar-refractivity contribution in [3.63, 3.8) is 0 Å². The van der Waals surface area contributed by atoms with Crippen molar-refractivity contribution in [1.82, 2.24) is 19.7 Å². The summed E-state index contributed by atoms with van der Waals surface area (Å²) in [5.74, 6) is 1.37. The fraction of sp³-hybridized carbons (Fsp3) is 0.386. The Morgan fingerprint density at radius 2 is 1.54 bits per heavy atom. The molecule has 3 heterocycles. The van der Waals surface area contributed by atoms with Gasteiger partial charge in [-0.25, -0.2) is 0 Å². The summed E-state index contributed by atoms with van der Waals surface area (Å²) in [7, 11) is 2.00. The molecule has 0 N–H and O–H groups in total. The molecule has 8 nitrogen and oxygen atoms in total. The van der Waals surface area contributed by atoms with Gasteiger partial charge in [-0.1, -0.05) is 72.8 Å². The third-order valence-corrected chi connectivity index (χ3v) is 10.2. The number of rotatable bonds is 11. The van der Waals surface area contributed by atoms with E-state index >= 15 is 0 Å². The van der Waals surface area contributed by atoms with Gasteiger partial charge in [0.2, 0.25) is 11.8 Å². The van der Waals surface area contributed by atoms with Crippen LogP contribution in [0.25, 0.3) is 27.7 Å². The first-order valence-electron chi connectivity index (χ1n) is 18.7. The Hall–Kier alpha value is -4.95. The second kappa shape index (κ2) is 15.7. The number of esters is 1. The Labute approximate surface area is 307 Å². The van der Waals surface area contributed by atoms with Crippen LogP contribution >= 0.6 is 0 Å². The van der Waals surface area contributed by atoms with Gasteiger partial charge in [0, 0.05) is 44.1 Å². The van der Waals surface area contributed by atoms with E-state index in [4.69, 9.17) is 24.3 Å². The molecule has 52 heavy (non-hydrogen) atoms. The Bertz CT molecular complexity index is 2010. The molecule has 0 unspecified atom stereocenters. The zero-order valence-electron chi connectivity index (χ0n) is 30.9. The Kier molecular flexibility index (Phi) is 10.7. The minimum atomic E-state index is -0.417. The van der Waals surface area contributed by atoms with Gasteiger partial charge in [-0.15, -0.1) is 0 Å². The molecule has 8 heteroatoms. The number of pyridine rings is 1. The fourth-order valence-corrected chi connectivity index (χ4v) is 7.52. The molecule has 0 saturated heterocycles. The highest BCUT2D eigenvalue weighted by Crippen LogP contribution is 2.37. The summed E-state index contributed by atoms with van der Waals surface area (Å²) in [6.45, 7) is 8.63. The number of nitrogens with zero attached hydrogens (tertiary/aromatic N) is 4. The molecule has 1 aliphatic carbocycles. The highest BCUT2D eigenvalue weighted by Gasteiger charge is 2.29. The first-order valence-corrected chi connectivity index (χ1v) is 18.7. The number of carbonyl (C=O) groups is 1. The molecule has 3 aromatic carbocycles. The lowest BCUT2D eigenvalue weighted by molar-refractivity contribution is -0.156. The van der Waals surface area contributed by atoms with Crippen molar-refractivity contribution < 1.29 is 19.0 Å². The van der Waals surface area contributed by atoms with Gasteiger partial charge in [0.05, 0.1) is 11.1 Å². The van der Waals surface area contributed by atoms with Crippen LogP contribution in [0, 0.1) is 5.92 Å². The minimum absolute atomic E-state index is 0.0606. The molecule has 1 fully saturated rings. The summed E-state index contributed by atoms with van der Waals surface area (Å²) in [4.78, 5) is 19.8. The molecular weight excluding hydrogens is 649 g/mol. The van der Waals surface area contributed by atoms with Gasteiger partial charge in [-0.3, -0.25) is 14.4 Å². The van der Waals surface area contributed by atoms with E-state index in [1.807, 2.05) is 105 Å². The molecule has 7 rings (SSSR count). The third-order valence-electron chi connectivity index (χ3n) is 10.2. The van der Waals surface area contributed by atoms with Crippen LogP contribution in [-0.2, 0) is 29.8 Å². The number of fused-ring (bicyclic) bond motifs is 1. The van der Waals surface area contributed by atoms with E-state index in [1.54, 1.807) is 0 Å². The van der Waals surface area contributed by atoms with E-state index < -0.39 is 5.60 Å². The summed E-state index contributed by atoms with van der Waals surface area (Å²) in [6.07, 6.45) is 8.43. The number of aromatic nitrogens is 3. The lowest BCUT2D eigenvalue weighted by Gasteiger charge is -2.38. The molecular formula is C44H50N4O4. The normalized spacial score (nSPS) is 18.2. The van der Waals surface area contributed by atoms with Crippen LogP contribution in [0.2, 0.25) is 0 Å². The lowest BCUT2D eigenvalue weighted by atomic mass is 9.83. The van der Waals surface area contributed by atoms with Crippen LogP contribution in [-0.4, -0.2) is 50.4 Å². The van der Waals surface area contributed by atoms with Crippen molar-refractivity contribution in [2.45, 2.75) is 84.2 Å². The molecule has 2 aromatic heterocycles. The monoisotopic (exact) mass is 698 g/mol. The van der Waals surface area contributed by atoms with Gasteiger partial charge in [0.25, 0.3) is 0 Å². The summed E-state index contributed by atoms with van der Waals surface area (Å²) in [5, 5.41) is 6.05. The predicted octanol–water partition coefficient (Wildman–Crippen LogP) is 9.17. The van der Waals surface area contributed by atoms with Crippen LogP contribution in [0.4, 0.5) is 0 Å². The average Bonchev–Trinajstić information content (AvgIpc) is 3.48. The maximum atomic E-state index is 12.4. The summed E-state index contributed by atoms with van der Waals surface area (Å²) < 4.78 is 20.0. The van der Waals surface area contributed by atoms with E-state index in [9.17, 15) is 4.79 Å². The standard InChI is InChI=1S/C44H50N4O4/c1-44(2,3)52-41(49)27-31-15-18-36(19-16-31)48-25-23-34(24-26-48)35-17-20-37-39(28-35)47(4)46-42(37)38-21-22-40(50-29-32-11-7-5-8-12-32)45-43(38)51-30-33-13-9-6-10-14-33/h5-14,17,20-23,28,31,36H,15-16,18-19,24-27,29-30H2,1-4H3/t31-,36-. The van der Waals surface area contributed by atoms with E-state index in [-0.39, 0.29) is 5.97 Å². The second-order valence-corrected chi connectivity index (χ2v) is 15.2. The van der Waals surface area contributed by atoms with Crippen molar-refractivity contribution >= 4 is 22.4 Å². The van der Waals surface area contributed by atoms with E-state index in [1.165, 1.54) is 11.1 Å². The SMILES string of the molecule is Cn1nc(-c2ccc(OCc3ccccc3)nc2OCc2ccccc2)c2ccc(C3=CCN([C@H]4CC[C@H](CC(=O)OC(C)(C)C)CC4)CC3)cc21. The zero-order valence-corrected chi connectivity index (χ0v) is 30.9. The van der Waals surface area contributed by atoms with Crippen LogP contribution < -0.4 is 9.47 Å².